The van der Waals surface area contributed by atoms with Gasteiger partial charge < -0.3 is 38.3 Å². The second-order valence-corrected chi connectivity index (χ2v) is 7.73. The third-order valence-electron chi connectivity index (χ3n) is 5.57. The number of aromatic hydroxyl groups is 1. The van der Waals surface area contributed by atoms with Gasteiger partial charge in [0.1, 0.15) is 11.5 Å². The minimum Gasteiger partial charge on any atom is -0.504 e. The Hall–Kier alpha value is -4.27. The number of carbonyl (C=O) groups is 1. The van der Waals surface area contributed by atoms with Crippen molar-refractivity contribution in [1.82, 2.24) is 0 Å². The predicted molar refractivity (Wildman–Crippen MR) is 134 cm³/mol. The van der Waals surface area contributed by atoms with Gasteiger partial charge in [-0.05, 0) is 36.8 Å². The number of phenols is 1. The molecule has 0 aliphatic heterocycles. The van der Waals surface area contributed by atoms with Gasteiger partial charge in [-0.3, -0.25) is 4.79 Å². The molecule has 0 spiro atoms. The zero-order chi connectivity index (χ0) is 26.6. The second-order valence-electron chi connectivity index (χ2n) is 7.73. The van der Waals surface area contributed by atoms with E-state index in [1.54, 1.807) is 24.3 Å². The zero-order valence-corrected chi connectivity index (χ0v) is 21.6. The quantitative estimate of drug-likeness (QED) is 0.322. The smallest absolute Gasteiger partial charge is 0.308 e. The van der Waals surface area contributed by atoms with Gasteiger partial charge in [-0.2, -0.15) is 0 Å². The maximum absolute atomic E-state index is 11.9. The SMILES string of the molecule is COc1cc(OC)c(-c2cc(C)cc(OC)c2OC(C)=O)cc1-c1cc(OC)c(OC)c(OC)c1O. The molecule has 0 atom stereocenters. The molecule has 0 saturated carbocycles. The summed E-state index contributed by atoms with van der Waals surface area (Å²) in [7, 11) is 8.88. The largest absolute Gasteiger partial charge is 0.504 e. The fraction of sp³-hybridized carbons (Fsp3) is 0.296. The van der Waals surface area contributed by atoms with Crippen molar-refractivity contribution in [2.75, 3.05) is 42.7 Å². The highest BCUT2D eigenvalue weighted by Crippen LogP contribution is 2.53. The molecule has 0 saturated heterocycles. The van der Waals surface area contributed by atoms with Gasteiger partial charge in [0.05, 0.1) is 42.7 Å². The van der Waals surface area contributed by atoms with Crippen LogP contribution in [0.25, 0.3) is 22.3 Å². The van der Waals surface area contributed by atoms with Crippen LogP contribution in [-0.4, -0.2) is 53.7 Å². The van der Waals surface area contributed by atoms with E-state index >= 15 is 0 Å². The number of hydrogen-bond donors (Lipinski definition) is 1. The van der Waals surface area contributed by atoms with Gasteiger partial charge in [0.25, 0.3) is 0 Å². The van der Waals surface area contributed by atoms with Crippen LogP contribution in [0.1, 0.15) is 12.5 Å². The summed E-state index contributed by atoms with van der Waals surface area (Å²) in [5.74, 6) is 1.49. The first-order chi connectivity index (χ1) is 17.2. The molecular weight excluding hydrogens is 468 g/mol. The molecule has 0 radical (unpaired) electrons. The summed E-state index contributed by atoms with van der Waals surface area (Å²) >= 11 is 0. The van der Waals surface area contributed by atoms with Crippen LogP contribution in [0.5, 0.6) is 46.0 Å². The molecule has 1 N–H and O–H groups in total. The summed E-state index contributed by atoms with van der Waals surface area (Å²) in [6.07, 6.45) is 0. The number of ether oxygens (including phenoxy) is 7. The summed E-state index contributed by atoms with van der Waals surface area (Å²) in [5, 5.41) is 11.1. The van der Waals surface area contributed by atoms with Crippen molar-refractivity contribution in [2.45, 2.75) is 13.8 Å². The van der Waals surface area contributed by atoms with Crippen molar-refractivity contribution in [1.29, 1.82) is 0 Å². The Kier molecular flexibility index (Phi) is 8.03. The van der Waals surface area contributed by atoms with E-state index in [9.17, 15) is 9.90 Å². The Morgan fingerprint density at radius 1 is 0.583 bits per heavy atom. The lowest BCUT2D eigenvalue weighted by atomic mass is 9.94. The van der Waals surface area contributed by atoms with Crippen LogP contribution >= 0.6 is 0 Å². The molecule has 0 amide bonds. The second kappa shape index (κ2) is 11.0. The van der Waals surface area contributed by atoms with Crippen molar-refractivity contribution in [3.8, 4) is 68.2 Å². The Morgan fingerprint density at radius 2 is 1.11 bits per heavy atom. The van der Waals surface area contributed by atoms with Crippen molar-refractivity contribution in [3.05, 3.63) is 35.9 Å². The van der Waals surface area contributed by atoms with Crippen LogP contribution in [0.4, 0.5) is 0 Å². The van der Waals surface area contributed by atoms with Gasteiger partial charge in [0, 0.05) is 35.2 Å². The van der Waals surface area contributed by atoms with E-state index in [0.717, 1.165) is 5.56 Å². The van der Waals surface area contributed by atoms with Crippen LogP contribution < -0.4 is 33.2 Å². The third kappa shape index (κ3) is 4.77. The molecule has 9 nitrogen and oxygen atoms in total. The number of carbonyl (C=O) groups excluding carboxylic acids is 1. The van der Waals surface area contributed by atoms with Crippen LogP contribution in [0.2, 0.25) is 0 Å². The molecule has 0 heterocycles. The van der Waals surface area contributed by atoms with Crippen LogP contribution in [0.3, 0.4) is 0 Å². The fourth-order valence-corrected chi connectivity index (χ4v) is 4.01. The number of hydrogen-bond acceptors (Lipinski definition) is 9. The molecule has 36 heavy (non-hydrogen) atoms. The molecule has 0 aromatic heterocycles. The topological polar surface area (TPSA) is 102 Å². The minimum atomic E-state index is -0.506. The van der Waals surface area contributed by atoms with Crippen molar-refractivity contribution in [3.63, 3.8) is 0 Å². The number of aryl methyl sites for hydroxylation is 1. The highest BCUT2D eigenvalue weighted by molar-refractivity contribution is 5.90. The Balaban J connectivity index is 2.43. The first-order valence-electron chi connectivity index (χ1n) is 10.9. The van der Waals surface area contributed by atoms with Crippen molar-refractivity contribution in [2.24, 2.45) is 0 Å². The highest BCUT2D eigenvalue weighted by atomic mass is 16.6. The average Bonchev–Trinajstić information content (AvgIpc) is 2.87. The highest BCUT2D eigenvalue weighted by Gasteiger charge is 2.26. The van der Waals surface area contributed by atoms with Gasteiger partial charge >= 0.3 is 5.97 Å². The van der Waals surface area contributed by atoms with Crippen LogP contribution in [0, 0.1) is 6.92 Å². The molecule has 3 aromatic rings. The van der Waals surface area contributed by atoms with Crippen molar-refractivity contribution < 1.29 is 43.1 Å². The molecule has 192 valence electrons. The Morgan fingerprint density at radius 3 is 1.61 bits per heavy atom. The van der Waals surface area contributed by atoms with E-state index in [4.69, 9.17) is 33.2 Å². The lowest BCUT2D eigenvalue weighted by Crippen LogP contribution is -2.05. The van der Waals surface area contributed by atoms with E-state index in [1.165, 1.54) is 49.6 Å². The number of methoxy groups -OCH3 is 6. The molecule has 3 aromatic carbocycles. The van der Waals surface area contributed by atoms with Gasteiger partial charge in [-0.1, -0.05) is 0 Å². The maximum Gasteiger partial charge on any atom is 0.308 e. The van der Waals surface area contributed by atoms with E-state index in [2.05, 4.69) is 0 Å². The molecule has 9 heteroatoms. The summed E-state index contributed by atoms with van der Waals surface area (Å²) < 4.78 is 38.6. The van der Waals surface area contributed by atoms with E-state index in [-0.39, 0.29) is 23.0 Å². The summed E-state index contributed by atoms with van der Waals surface area (Å²) in [6.45, 7) is 3.21. The first-order valence-corrected chi connectivity index (χ1v) is 10.9. The first kappa shape index (κ1) is 26.3. The summed E-state index contributed by atoms with van der Waals surface area (Å²) in [4.78, 5) is 11.9. The normalized spacial score (nSPS) is 10.4. The Labute approximate surface area is 210 Å². The number of rotatable bonds is 9. The van der Waals surface area contributed by atoms with Gasteiger partial charge in [-0.25, -0.2) is 0 Å². The predicted octanol–water partition coefficient (Wildman–Crippen LogP) is 5.01. The molecular formula is C27H30O9. The Bertz CT molecular complexity index is 1280. The number of phenolic OH excluding ortho intramolecular Hbond substituents is 1. The zero-order valence-electron chi connectivity index (χ0n) is 21.6. The number of esters is 1. The average molecular weight is 499 g/mol. The van der Waals surface area contributed by atoms with Gasteiger partial charge in [0.15, 0.2) is 23.0 Å². The molecule has 0 aliphatic rings. The van der Waals surface area contributed by atoms with Gasteiger partial charge in [0.2, 0.25) is 11.5 Å². The summed E-state index contributed by atoms with van der Waals surface area (Å²) in [6, 6.07) is 8.68. The third-order valence-corrected chi connectivity index (χ3v) is 5.57. The minimum absolute atomic E-state index is 0.101. The van der Waals surface area contributed by atoms with E-state index < -0.39 is 5.97 Å². The maximum atomic E-state index is 11.9. The molecule has 0 fully saturated rings. The molecule has 0 bridgehead atoms. The van der Waals surface area contributed by atoms with Crippen LogP contribution in [-0.2, 0) is 4.79 Å². The van der Waals surface area contributed by atoms with E-state index in [1.807, 2.05) is 13.0 Å². The van der Waals surface area contributed by atoms with Crippen molar-refractivity contribution >= 4 is 5.97 Å². The number of benzene rings is 3. The lowest BCUT2D eigenvalue weighted by Gasteiger charge is -2.21. The summed E-state index contributed by atoms with van der Waals surface area (Å²) in [5.41, 5.74) is 2.85. The van der Waals surface area contributed by atoms with Crippen LogP contribution in [0.15, 0.2) is 30.3 Å². The lowest BCUT2D eigenvalue weighted by molar-refractivity contribution is -0.131. The molecule has 3 rings (SSSR count). The molecule has 0 unspecified atom stereocenters. The molecule has 0 aliphatic carbocycles. The fourth-order valence-electron chi connectivity index (χ4n) is 4.01. The monoisotopic (exact) mass is 498 g/mol. The standard InChI is InChI=1S/C27H30O9/c1-14-9-19(25(36-15(2)28)22(10-14)32-5)17-11-16(20(30-3)13-21(17)31-4)18-12-23(33-6)26(34-7)27(35-8)24(18)29/h9-13,29H,1-8H3. The van der Waals surface area contributed by atoms with Gasteiger partial charge in [-0.15, -0.1) is 0 Å². The van der Waals surface area contributed by atoms with E-state index in [0.29, 0.717) is 45.3 Å².